The summed E-state index contributed by atoms with van der Waals surface area (Å²) in [6.45, 7) is 4.81. The van der Waals surface area contributed by atoms with Crippen LogP contribution < -0.4 is 10.6 Å². The minimum atomic E-state index is 0.461. The van der Waals surface area contributed by atoms with Crippen LogP contribution in [-0.2, 0) is 13.1 Å². The Morgan fingerprint density at radius 1 is 1.23 bits per heavy atom. The zero-order valence-electron chi connectivity index (χ0n) is 12.7. The van der Waals surface area contributed by atoms with Crippen LogP contribution in [0.3, 0.4) is 0 Å². The monoisotopic (exact) mass is 340 g/mol. The molecule has 0 aliphatic heterocycles. The summed E-state index contributed by atoms with van der Waals surface area (Å²) in [7, 11) is 1.70. The Morgan fingerprint density at radius 3 is 2.55 bits per heavy atom. The van der Waals surface area contributed by atoms with Crippen LogP contribution in [0.4, 0.5) is 0 Å². The third kappa shape index (κ3) is 4.39. The second-order valence-corrected chi connectivity index (χ2v) is 5.61. The fourth-order valence-corrected chi connectivity index (χ4v) is 2.31. The highest BCUT2D eigenvalue weighted by atomic mass is 35.5. The van der Waals surface area contributed by atoms with E-state index in [0.29, 0.717) is 35.0 Å². The summed E-state index contributed by atoms with van der Waals surface area (Å²) in [4.78, 5) is 8.46. The van der Waals surface area contributed by atoms with Gasteiger partial charge in [-0.15, -0.1) is 0 Å². The predicted octanol–water partition coefficient (Wildman–Crippen LogP) is 3.46. The van der Waals surface area contributed by atoms with E-state index in [1.54, 1.807) is 19.2 Å². The van der Waals surface area contributed by atoms with Crippen molar-refractivity contribution in [3.05, 3.63) is 51.2 Å². The van der Waals surface area contributed by atoms with Gasteiger partial charge < -0.3 is 15.1 Å². The van der Waals surface area contributed by atoms with E-state index >= 15 is 0 Å². The molecule has 0 radical (unpaired) electrons. The fourth-order valence-electron chi connectivity index (χ4n) is 1.84. The number of hydrogen-bond acceptors (Lipinski definition) is 3. The Balaban J connectivity index is 1.90. The number of aromatic nitrogens is 1. The van der Waals surface area contributed by atoms with Crippen molar-refractivity contribution in [3.63, 3.8) is 0 Å². The van der Waals surface area contributed by atoms with Gasteiger partial charge in [0.15, 0.2) is 5.96 Å². The van der Waals surface area contributed by atoms with Gasteiger partial charge in [-0.05, 0) is 31.5 Å². The highest BCUT2D eigenvalue weighted by molar-refractivity contribution is 6.35. The minimum absolute atomic E-state index is 0.461. The van der Waals surface area contributed by atoms with Gasteiger partial charge in [-0.1, -0.05) is 29.3 Å². The lowest BCUT2D eigenvalue weighted by atomic mass is 10.2. The SMILES string of the molecule is CN=C(NCc1nc(C)c(C)o1)NCc1ccc(Cl)cc1Cl. The van der Waals surface area contributed by atoms with Crippen LogP contribution in [0.2, 0.25) is 10.0 Å². The van der Waals surface area contributed by atoms with Crippen molar-refractivity contribution in [1.82, 2.24) is 15.6 Å². The summed E-state index contributed by atoms with van der Waals surface area (Å²) in [6, 6.07) is 5.40. The van der Waals surface area contributed by atoms with Gasteiger partial charge in [0.2, 0.25) is 5.89 Å². The molecular weight excluding hydrogens is 323 g/mol. The molecule has 0 atom stereocenters. The molecule has 118 valence electrons. The number of rotatable bonds is 4. The van der Waals surface area contributed by atoms with Gasteiger partial charge in [-0.3, -0.25) is 4.99 Å². The van der Waals surface area contributed by atoms with Gasteiger partial charge >= 0.3 is 0 Å². The third-order valence-corrected chi connectivity index (χ3v) is 3.75. The van der Waals surface area contributed by atoms with Crippen LogP contribution in [0, 0.1) is 13.8 Å². The van der Waals surface area contributed by atoms with Crippen molar-refractivity contribution in [2.24, 2.45) is 4.99 Å². The van der Waals surface area contributed by atoms with E-state index < -0.39 is 0 Å². The molecule has 2 N–H and O–H groups in total. The number of benzene rings is 1. The van der Waals surface area contributed by atoms with E-state index in [9.17, 15) is 0 Å². The number of nitrogens with zero attached hydrogens (tertiary/aromatic N) is 2. The second kappa shape index (κ2) is 7.51. The highest BCUT2D eigenvalue weighted by Gasteiger charge is 2.07. The maximum Gasteiger partial charge on any atom is 0.214 e. The number of nitrogens with one attached hydrogen (secondary N) is 2. The number of oxazole rings is 1. The molecule has 0 spiro atoms. The van der Waals surface area contributed by atoms with Crippen molar-refractivity contribution in [2.75, 3.05) is 7.05 Å². The van der Waals surface area contributed by atoms with Crippen LogP contribution in [0.1, 0.15) is 22.9 Å². The van der Waals surface area contributed by atoms with E-state index in [-0.39, 0.29) is 0 Å². The maximum atomic E-state index is 6.14. The summed E-state index contributed by atoms with van der Waals surface area (Å²) >= 11 is 12.0. The van der Waals surface area contributed by atoms with Crippen molar-refractivity contribution in [3.8, 4) is 0 Å². The molecule has 0 fully saturated rings. The van der Waals surface area contributed by atoms with E-state index in [0.717, 1.165) is 17.0 Å². The van der Waals surface area contributed by atoms with Crippen LogP contribution in [0.5, 0.6) is 0 Å². The molecule has 0 saturated carbocycles. The molecule has 0 saturated heterocycles. The Hall–Kier alpha value is -1.72. The van der Waals surface area contributed by atoms with Crippen LogP contribution >= 0.6 is 23.2 Å². The van der Waals surface area contributed by atoms with E-state index in [4.69, 9.17) is 27.6 Å². The van der Waals surface area contributed by atoms with Gasteiger partial charge in [0.05, 0.1) is 12.2 Å². The van der Waals surface area contributed by atoms with Gasteiger partial charge in [0.25, 0.3) is 0 Å². The van der Waals surface area contributed by atoms with Crippen molar-refractivity contribution in [1.29, 1.82) is 0 Å². The molecule has 0 aliphatic carbocycles. The van der Waals surface area contributed by atoms with Crippen molar-refractivity contribution < 1.29 is 4.42 Å². The molecule has 7 heteroatoms. The van der Waals surface area contributed by atoms with Gasteiger partial charge in [0.1, 0.15) is 5.76 Å². The molecule has 1 heterocycles. The largest absolute Gasteiger partial charge is 0.444 e. The lowest BCUT2D eigenvalue weighted by Gasteiger charge is -2.11. The van der Waals surface area contributed by atoms with Crippen LogP contribution in [-0.4, -0.2) is 18.0 Å². The van der Waals surface area contributed by atoms with Crippen LogP contribution in [0.15, 0.2) is 27.6 Å². The summed E-state index contributed by atoms with van der Waals surface area (Å²) < 4.78 is 5.51. The Bertz CT molecular complexity index is 663. The number of aliphatic imine (C=N–C) groups is 1. The molecule has 1 aromatic carbocycles. The molecule has 0 aliphatic rings. The summed E-state index contributed by atoms with van der Waals surface area (Å²) in [5.41, 5.74) is 1.84. The van der Waals surface area contributed by atoms with Gasteiger partial charge in [-0.2, -0.15) is 0 Å². The molecule has 0 bridgehead atoms. The highest BCUT2D eigenvalue weighted by Crippen LogP contribution is 2.20. The maximum absolute atomic E-state index is 6.14. The number of guanidine groups is 1. The molecule has 1 aromatic heterocycles. The quantitative estimate of drug-likeness (QED) is 0.660. The average molecular weight is 341 g/mol. The lowest BCUT2D eigenvalue weighted by molar-refractivity contribution is 0.463. The molecule has 22 heavy (non-hydrogen) atoms. The smallest absolute Gasteiger partial charge is 0.214 e. The second-order valence-electron chi connectivity index (χ2n) is 4.76. The molecular formula is C15H18Cl2N4O. The van der Waals surface area contributed by atoms with Gasteiger partial charge in [0, 0.05) is 23.6 Å². The third-order valence-electron chi connectivity index (χ3n) is 3.16. The van der Waals surface area contributed by atoms with Crippen molar-refractivity contribution in [2.45, 2.75) is 26.9 Å². The summed E-state index contributed by atoms with van der Waals surface area (Å²) in [6.07, 6.45) is 0. The molecule has 0 amide bonds. The van der Waals surface area contributed by atoms with E-state index in [2.05, 4.69) is 20.6 Å². The normalized spacial score (nSPS) is 11.6. The first kappa shape index (κ1) is 16.6. The Kier molecular flexibility index (Phi) is 5.69. The first-order valence-corrected chi connectivity index (χ1v) is 7.56. The van der Waals surface area contributed by atoms with E-state index in [1.807, 2.05) is 19.9 Å². The molecule has 5 nitrogen and oxygen atoms in total. The number of hydrogen-bond donors (Lipinski definition) is 2. The Labute approximate surface area is 139 Å². The zero-order chi connectivity index (χ0) is 16.1. The molecule has 2 rings (SSSR count). The number of halogens is 2. The average Bonchev–Trinajstić information content (AvgIpc) is 2.79. The number of aryl methyl sites for hydroxylation is 2. The molecule has 0 unspecified atom stereocenters. The Morgan fingerprint density at radius 2 is 1.95 bits per heavy atom. The van der Waals surface area contributed by atoms with Crippen molar-refractivity contribution >= 4 is 29.2 Å². The fraction of sp³-hybridized carbons (Fsp3) is 0.333. The van der Waals surface area contributed by atoms with Crippen LogP contribution in [0.25, 0.3) is 0 Å². The van der Waals surface area contributed by atoms with E-state index in [1.165, 1.54) is 0 Å². The standard InChI is InChI=1S/C15H18Cl2N4O/c1-9-10(2)22-14(21-9)8-20-15(18-3)19-7-11-4-5-12(16)6-13(11)17/h4-6H,7-8H2,1-3H3,(H2,18,19,20). The first-order chi connectivity index (χ1) is 10.5. The first-order valence-electron chi connectivity index (χ1n) is 6.81. The summed E-state index contributed by atoms with van der Waals surface area (Å²) in [5.74, 6) is 2.09. The lowest BCUT2D eigenvalue weighted by Crippen LogP contribution is -2.36. The minimum Gasteiger partial charge on any atom is -0.444 e. The predicted molar refractivity (Wildman–Crippen MR) is 89.5 cm³/mol. The van der Waals surface area contributed by atoms with Gasteiger partial charge in [-0.25, -0.2) is 4.98 Å². The topological polar surface area (TPSA) is 62.5 Å². The summed E-state index contributed by atoms with van der Waals surface area (Å²) in [5, 5.41) is 7.56. The molecule has 2 aromatic rings. The zero-order valence-corrected chi connectivity index (χ0v) is 14.2.